The van der Waals surface area contributed by atoms with Crippen LogP contribution in [0.2, 0.25) is 0 Å². The first-order chi connectivity index (χ1) is 13.4. The predicted octanol–water partition coefficient (Wildman–Crippen LogP) is 3.06. The minimum absolute atomic E-state index is 0.189. The highest BCUT2D eigenvalue weighted by atomic mass is 16.5. The van der Waals surface area contributed by atoms with Crippen LogP contribution in [0.4, 0.5) is 0 Å². The number of aliphatic imine (C=N–C) groups is 1. The first-order valence-electron chi connectivity index (χ1n) is 9.79. The summed E-state index contributed by atoms with van der Waals surface area (Å²) in [4.78, 5) is 4.79. The Hall–Kier alpha value is -2.47. The summed E-state index contributed by atoms with van der Waals surface area (Å²) in [5, 5.41) is 7.03. The normalized spacial score (nSPS) is 22.1. The van der Waals surface area contributed by atoms with Gasteiger partial charge in [0.2, 0.25) is 0 Å². The summed E-state index contributed by atoms with van der Waals surface area (Å²) < 4.78 is 16.9. The van der Waals surface area contributed by atoms with Crippen molar-refractivity contribution in [2.45, 2.75) is 37.8 Å². The maximum Gasteiger partial charge on any atom is 0.191 e. The van der Waals surface area contributed by atoms with Gasteiger partial charge in [-0.3, -0.25) is 4.99 Å². The molecule has 27 heavy (non-hydrogen) atoms. The highest BCUT2D eigenvalue weighted by Crippen LogP contribution is 2.31. The SMILES string of the molecule is c1coc(CCNC(=NCC2CCCO2)NC2CCOc3ccccc32)c1. The standard InChI is InChI=1S/C21H27N3O3/c1-2-8-20-18(7-1)19(10-14-27-20)24-21(23-15-17-6-4-13-26-17)22-11-9-16-5-3-12-25-16/h1-3,5,7-8,12,17,19H,4,6,9-11,13-15H2,(H2,22,23,24). The van der Waals surface area contributed by atoms with Crippen LogP contribution in [-0.4, -0.2) is 38.4 Å². The van der Waals surface area contributed by atoms with Crippen molar-refractivity contribution in [2.75, 3.05) is 26.3 Å². The molecule has 2 unspecified atom stereocenters. The number of benzene rings is 1. The Morgan fingerprint density at radius 2 is 2.07 bits per heavy atom. The zero-order valence-electron chi connectivity index (χ0n) is 15.5. The zero-order chi connectivity index (χ0) is 18.3. The molecule has 2 atom stereocenters. The smallest absolute Gasteiger partial charge is 0.191 e. The van der Waals surface area contributed by atoms with E-state index in [0.29, 0.717) is 13.2 Å². The second kappa shape index (κ2) is 8.95. The third kappa shape index (κ3) is 4.83. The molecule has 0 spiro atoms. The number of guanidine groups is 1. The maximum absolute atomic E-state index is 5.77. The zero-order valence-corrected chi connectivity index (χ0v) is 15.5. The number of hydrogen-bond acceptors (Lipinski definition) is 4. The Labute approximate surface area is 160 Å². The van der Waals surface area contributed by atoms with E-state index in [4.69, 9.17) is 18.9 Å². The van der Waals surface area contributed by atoms with Gasteiger partial charge in [0.1, 0.15) is 11.5 Å². The van der Waals surface area contributed by atoms with Crippen LogP contribution in [0.3, 0.4) is 0 Å². The first-order valence-corrected chi connectivity index (χ1v) is 9.79. The molecule has 6 heteroatoms. The lowest BCUT2D eigenvalue weighted by Crippen LogP contribution is -2.42. The lowest BCUT2D eigenvalue weighted by Gasteiger charge is -2.28. The number of rotatable bonds is 6. The molecule has 4 rings (SSSR count). The number of hydrogen-bond donors (Lipinski definition) is 2. The summed E-state index contributed by atoms with van der Waals surface area (Å²) in [5.74, 6) is 2.74. The van der Waals surface area contributed by atoms with Crippen LogP contribution < -0.4 is 15.4 Å². The molecule has 2 aromatic rings. The quantitative estimate of drug-likeness (QED) is 0.605. The number of para-hydroxylation sites is 1. The van der Waals surface area contributed by atoms with Gasteiger partial charge in [-0.1, -0.05) is 18.2 Å². The second-order valence-corrected chi connectivity index (χ2v) is 6.95. The summed E-state index contributed by atoms with van der Waals surface area (Å²) in [6.45, 7) is 3.00. The van der Waals surface area contributed by atoms with Crippen LogP contribution in [0.15, 0.2) is 52.1 Å². The van der Waals surface area contributed by atoms with E-state index in [9.17, 15) is 0 Å². The Bertz CT molecular complexity index is 739. The van der Waals surface area contributed by atoms with Gasteiger partial charge in [-0.25, -0.2) is 0 Å². The van der Waals surface area contributed by atoms with Gasteiger partial charge in [0.05, 0.1) is 31.6 Å². The van der Waals surface area contributed by atoms with E-state index >= 15 is 0 Å². The van der Waals surface area contributed by atoms with Crippen molar-refractivity contribution in [3.05, 3.63) is 54.0 Å². The van der Waals surface area contributed by atoms with Gasteiger partial charge in [0.25, 0.3) is 0 Å². The van der Waals surface area contributed by atoms with Gasteiger partial charge < -0.3 is 24.5 Å². The number of nitrogens with zero attached hydrogens (tertiary/aromatic N) is 1. The molecule has 2 aliphatic heterocycles. The summed E-state index contributed by atoms with van der Waals surface area (Å²) in [6.07, 6.45) is 5.88. The molecule has 2 aliphatic rings. The molecule has 1 fully saturated rings. The van der Waals surface area contributed by atoms with E-state index in [1.807, 2.05) is 24.3 Å². The van der Waals surface area contributed by atoms with Crippen LogP contribution in [0.25, 0.3) is 0 Å². The average Bonchev–Trinajstić information content (AvgIpc) is 3.40. The molecule has 144 valence electrons. The Kier molecular flexibility index (Phi) is 5.94. The van der Waals surface area contributed by atoms with Crippen LogP contribution in [0.1, 0.15) is 36.6 Å². The molecule has 1 aromatic heterocycles. The van der Waals surface area contributed by atoms with E-state index in [1.165, 1.54) is 5.56 Å². The minimum Gasteiger partial charge on any atom is -0.493 e. The first kappa shape index (κ1) is 17.9. The molecule has 1 aromatic carbocycles. The van der Waals surface area contributed by atoms with Crippen LogP contribution >= 0.6 is 0 Å². The molecule has 2 N–H and O–H groups in total. The van der Waals surface area contributed by atoms with Crippen LogP contribution in [-0.2, 0) is 11.2 Å². The highest BCUT2D eigenvalue weighted by Gasteiger charge is 2.22. The van der Waals surface area contributed by atoms with E-state index in [0.717, 1.165) is 56.3 Å². The Balaban J connectivity index is 1.41. The molecular weight excluding hydrogens is 342 g/mol. The number of ether oxygens (including phenoxy) is 2. The molecule has 0 radical (unpaired) electrons. The third-order valence-corrected chi connectivity index (χ3v) is 4.99. The van der Waals surface area contributed by atoms with Gasteiger partial charge in [0.15, 0.2) is 5.96 Å². The Morgan fingerprint density at radius 1 is 1.11 bits per heavy atom. The highest BCUT2D eigenvalue weighted by molar-refractivity contribution is 5.80. The molecule has 0 amide bonds. The molecule has 0 saturated carbocycles. The lowest BCUT2D eigenvalue weighted by atomic mass is 10.0. The van der Waals surface area contributed by atoms with E-state index < -0.39 is 0 Å². The van der Waals surface area contributed by atoms with E-state index in [2.05, 4.69) is 22.8 Å². The van der Waals surface area contributed by atoms with Gasteiger partial charge in [0, 0.05) is 31.6 Å². The van der Waals surface area contributed by atoms with Crippen molar-refractivity contribution >= 4 is 5.96 Å². The summed E-state index contributed by atoms with van der Waals surface area (Å²) in [5.41, 5.74) is 1.18. The van der Waals surface area contributed by atoms with Crippen molar-refractivity contribution in [3.8, 4) is 5.75 Å². The Morgan fingerprint density at radius 3 is 2.93 bits per heavy atom. The van der Waals surface area contributed by atoms with Gasteiger partial charge in [-0.15, -0.1) is 0 Å². The number of furan rings is 1. The molecular formula is C21H27N3O3. The van der Waals surface area contributed by atoms with Crippen LogP contribution in [0, 0.1) is 0 Å². The van der Waals surface area contributed by atoms with Gasteiger partial charge in [-0.05, 0) is 31.0 Å². The molecule has 0 bridgehead atoms. The fourth-order valence-electron chi connectivity index (χ4n) is 3.55. The fraction of sp³-hybridized carbons (Fsp3) is 0.476. The largest absolute Gasteiger partial charge is 0.493 e. The molecule has 3 heterocycles. The fourth-order valence-corrected chi connectivity index (χ4v) is 3.55. The van der Waals surface area contributed by atoms with Crippen molar-refractivity contribution in [1.29, 1.82) is 0 Å². The molecule has 6 nitrogen and oxygen atoms in total. The van der Waals surface area contributed by atoms with Gasteiger partial charge >= 0.3 is 0 Å². The third-order valence-electron chi connectivity index (χ3n) is 4.99. The second-order valence-electron chi connectivity index (χ2n) is 6.95. The average molecular weight is 369 g/mol. The monoisotopic (exact) mass is 369 g/mol. The van der Waals surface area contributed by atoms with E-state index in [-0.39, 0.29) is 12.1 Å². The van der Waals surface area contributed by atoms with Crippen molar-refractivity contribution in [3.63, 3.8) is 0 Å². The van der Waals surface area contributed by atoms with Crippen LogP contribution in [0.5, 0.6) is 5.75 Å². The number of fused-ring (bicyclic) bond motifs is 1. The summed E-state index contributed by atoms with van der Waals surface area (Å²) >= 11 is 0. The topological polar surface area (TPSA) is 68.0 Å². The predicted molar refractivity (Wildman–Crippen MR) is 104 cm³/mol. The van der Waals surface area contributed by atoms with Crippen molar-refractivity contribution < 1.29 is 13.9 Å². The molecule has 1 saturated heterocycles. The summed E-state index contributed by atoms with van der Waals surface area (Å²) in [6, 6.07) is 12.3. The van der Waals surface area contributed by atoms with Crippen molar-refractivity contribution in [2.24, 2.45) is 4.99 Å². The van der Waals surface area contributed by atoms with Gasteiger partial charge in [-0.2, -0.15) is 0 Å². The number of nitrogens with one attached hydrogen (secondary N) is 2. The van der Waals surface area contributed by atoms with E-state index in [1.54, 1.807) is 6.26 Å². The maximum atomic E-state index is 5.77. The minimum atomic E-state index is 0.189. The van der Waals surface area contributed by atoms with Crippen molar-refractivity contribution in [1.82, 2.24) is 10.6 Å². The lowest BCUT2D eigenvalue weighted by molar-refractivity contribution is 0.117. The molecule has 0 aliphatic carbocycles. The summed E-state index contributed by atoms with van der Waals surface area (Å²) in [7, 11) is 0.